The first kappa shape index (κ1) is 16.5. The van der Waals surface area contributed by atoms with Crippen LogP contribution in [0, 0.1) is 0 Å². The second-order valence-corrected chi connectivity index (χ2v) is 6.50. The lowest BCUT2D eigenvalue weighted by Crippen LogP contribution is -2.49. The van der Waals surface area contributed by atoms with Gasteiger partial charge >= 0.3 is 0 Å². The van der Waals surface area contributed by atoms with Gasteiger partial charge in [-0.25, -0.2) is 0 Å². The molecule has 1 aliphatic heterocycles. The number of aliphatic hydroxyl groups excluding tert-OH is 1. The van der Waals surface area contributed by atoms with Crippen molar-refractivity contribution in [3.05, 3.63) is 35.4 Å². The first-order valence-electron chi connectivity index (χ1n) is 8.14. The molecule has 0 aliphatic carbocycles. The number of benzene rings is 1. The van der Waals surface area contributed by atoms with E-state index in [1.165, 1.54) is 5.56 Å². The zero-order valence-electron chi connectivity index (χ0n) is 13.7. The summed E-state index contributed by atoms with van der Waals surface area (Å²) in [6.07, 6.45) is 0.889. The predicted octanol–water partition coefficient (Wildman–Crippen LogP) is 3.34. The van der Waals surface area contributed by atoms with Crippen molar-refractivity contribution in [3.63, 3.8) is 0 Å². The van der Waals surface area contributed by atoms with Crippen molar-refractivity contribution in [1.82, 2.24) is 4.90 Å². The standard InChI is InChI=1S/C18H29NO2/c1-5-17-12-21-14(4)10-19(17)11-18(20)16-8-6-15(7-9-16)13(2)3/h6-9,13-14,17-18,20H,5,10-12H2,1-4H3. The summed E-state index contributed by atoms with van der Waals surface area (Å²) in [6.45, 7) is 11.0. The smallest absolute Gasteiger partial charge is 0.0917 e. The van der Waals surface area contributed by atoms with Crippen LogP contribution in [-0.4, -0.2) is 41.8 Å². The number of hydrogen-bond acceptors (Lipinski definition) is 3. The van der Waals surface area contributed by atoms with Crippen LogP contribution in [0.5, 0.6) is 0 Å². The van der Waals surface area contributed by atoms with Crippen molar-refractivity contribution in [2.45, 2.75) is 58.3 Å². The normalized spacial score (nSPS) is 25.2. The van der Waals surface area contributed by atoms with E-state index in [1.54, 1.807) is 0 Å². The van der Waals surface area contributed by atoms with E-state index in [0.717, 1.165) is 25.1 Å². The summed E-state index contributed by atoms with van der Waals surface area (Å²) in [7, 11) is 0. The molecule has 1 N–H and O–H groups in total. The van der Waals surface area contributed by atoms with Gasteiger partial charge in [-0.1, -0.05) is 45.0 Å². The molecule has 3 nitrogen and oxygen atoms in total. The second-order valence-electron chi connectivity index (χ2n) is 6.50. The molecule has 0 bridgehead atoms. The van der Waals surface area contributed by atoms with Gasteiger partial charge < -0.3 is 9.84 Å². The fourth-order valence-electron chi connectivity index (χ4n) is 2.94. The summed E-state index contributed by atoms with van der Waals surface area (Å²) in [5.74, 6) is 0.528. The summed E-state index contributed by atoms with van der Waals surface area (Å²) in [5.41, 5.74) is 2.32. The Bertz CT molecular complexity index is 429. The summed E-state index contributed by atoms with van der Waals surface area (Å²) in [5, 5.41) is 10.5. The molecular formula is C18H29NO2. The number of morpholine rings is 1. The Kier molecular flexibility index (Phi) is 5.80. The average molecular weight is 291 g/mol. The largest absolute Gasteiger partial charge is 0.387 e. The van der Waals surface area contributed by atoms with Gasteiger partial charge in [-0.15, -0.1) is 0 Å². The Hall–Kier alpha value is -0.900. The summed E-state index contributed by atoms with van der Waals surface area (Å²) in [4.78, 5) is 2.37. The van der Waals surface area contributed by atoms with Gasteiger partial charge in [0.2, 0.25) is 0 Å². The third-order valence-corrected chi connectivity index (χ3v) is 4.45. The van der Waals surface area contributed by atoms with E-state index in [0.29, 0.717) is 18.5 Å². The summed E-state index contributed by atoms with van der Waals surface area (Å²) in [6, 6.07) is 8.80. The molecular weight excluding hydrogens is 262 g/mol. The van der Waals surface area contributed by atoms with Gasteiger partial charge in [0.15, 0.2) is 0 Å². The lowest BCUT2D eigenvalue weighted by molar-refractivity contribution is -0.0681. The number of nitrogens with zero attached hydrogens (tertiary/aromatic N) is 1. The summed E-state index contributed by atoms with van der Waals surface area (Å²) >= 11 is 0. The van der Waals surface area contributed by atoms with Crippen molar-refractivity contribution >= 4 is 0 Å². The highest BCUT2D eigenvalue weighted by atomic mass is 16.5. The molecule has 118 valence electrons. The first-order chi connectivity index (χ1) is 10.0. The molecule has 1 aliphatic rings. The molecule has 2 rings (SSSR count). The van der Waals surface area contributed by atoms with Gasteiger partial charge in [-0.05, 0) is 30.4 Å². The highest BCUT2D eigenvalue weighted by Crippen LogP contribution is 2.22. The van der Waals surface area contributed by atoms with Gasteiger partial charge in [0.05, 0.1) is 18.8 Å². The molecule has 3 atom stereocenters. The molecule has 1 fully saturated rings. The van der Waals surface area contributed by atoms with Crippen LogP contribution in [-0.2, 0) is 4.74 Å². The van der Waals surface area contributed by atoms with Crippen LogP contribution in [0.25, 0.3) is 0 Å². The van der Waals surface area contributed by atoms with Crippen LogP contribution in [0.2, 0.25) is 0 Å². The minimum Gasteiger partial charge on any atom is -0.387 e. The minimum atomic E-state index is -0.425. The van der Waals surface area contributed by atoms with Gasteiger partial charge in [-0.3, -0.25) is 4.90 Å². The van der Waals surface area contributed by atoms with Crippen LogP contribution in [0.15, 0.2) is 24.3 Å². The van der Waals surface area contributed by atoms with Gasteiger partial charge in [0.25, 0.3) is 0 Å². The predicted molar refractivity (Wildman–Crippen MR) is 86.6 cm³/mol. The van der Waals surface area contributed by atoms with Crippen molar-refractivity contribution in [1.29, 1.82) is 0 Å². The maximum Gasteiger partial charge on any atom is 0.0917 e. The van der Waals surface area contributed by atoms with Gasteiger partial charge in [0.1, 0.15) is 0 Å². The summed E-state index contributed by atoms with van der Waals surface area (Å²) < 4.78 is 5.72. The van der Waals surface area contributed by atoms with E-state index in [2.05, 4.69) is 56.9 Å². The SMILES string of the molecule is CCC1COC(C)CN1CC(O)c1ccc(C(C)C)cc1. The van der Waals surface area contributed by atoms with Gasteiger partial charge in [-0.2, -0.15) is 0 Å². The molecule has 21 heavy (non-hydrogen) atoms. The van der Waals surface area contributed by atoms with E-state index in [1.807, 2.05) is 0 Å². The van der Waals surface area contributed by atoms with E-state index in [4.69, 9.17) is 4.74 Å². The fourth-order valence-corrected chi connectivity index (χ4v) is 2.94. The number of hydrogen-bond donors (Lipinski definition) is 1. The lowest BCUT2D eigenvalue weighted by atomic mass is 9.99. The van der Waals surface area contributed by atoms with Crippen molar-refractivity contribution < 1.29 is 9.84 Å². The first-order valence-corrected chi connectivity index (χ1v) is 8.14. The van der Waals surface area contributed by atoms with Crippen LogP contribution in [0.1, 0.15) is 57.3 Å². The van der Waals surface area contributed by atoms with E-state index in [-0.39, 0.29) is 6.10 Å². The molecule has 3 heteroatoms. The topological polar surface area (TPSA) is 32.7 Å². The van der Waals surface area contributed by atoms with Crippen LogP contribution >= 0.6 is 0 Å². The zero-order chi connectivity index (χ0) is 15.4. The zero-order valence-corrected chi connectivity index (χ0v) is 13.7. The monoisotopic (exact) mass is 291 g/mol. The Morgan fingerprint density at radius 2 is 1.86 bits per heavy atom. The third kappa shape index (κ3) is 4.29. The Labute approximate surface area is 128 Å². The Morgan fingerprint density at radius 3 is 2.43 bits per heavy atom. The van der Waals surface area contributed by atoms with Crippen molar-refractivity contribution in [3.8, 4) is 0 Å². The molecule has 1 aromatic rings. The van der Waals surface area contributed by atoms with Crippen molar-refractivity contribution in [2.75, 3.05) is 19.7 Å². The lowest BCUT2D eigenvalue weighted by Gasteiger charge is -2.39. The molecule has 3 unspecified atom stereocenters. The molecule has 0 spiro atoms. The number of ether oxygens (including phenoxy) is 1. The fraction of sp³-hybridized carbons (Fsp3) is 0.667. The van der Waals surface area contributed by atoms with E-state index in [9.17, 15) is 5.11 Å². The minimum absolute atomic E-state index is 0.253. The maximum absolute atomic E-state index is 10.5. The molecule has 0 radical (unpaired) electrons. The second kappa shape index (κ2) is 7.39. The van der Waals surface area contributed by atoms with E-state index < -0.39 is 6.10 Å². The van der Waals surface area contributed by atoms with Crippen LogP contribution in [0.4, 0.5) is 0 Å². The van der Waals surface area contributed by atoms with Crippen molar-refractivity contribution in [2.24, 2.45) is 0 Å². The molecule has 1 saturated heterocycles. The number of aliphatic hydroxyl groups is 1. The van der Waals surface area contributed by atoms with Crippen LogP contribution < -0.4 is 0 Å². The Morgan fingerprint density at radius 1 is 1.24 bits per heavy atom. The quantitative estimate of drug-likeness (QED) is 0.903. The number of β-amino-alcohol motifs (C(OH)–C–C–N with tert-alkyl or cyclic N) is 1. The average Bonchev–Trinajstić information content (AvgIpc) is 2.47. The number of rotatable bonds is 5. The molecule has 0 saturated carbocycles. The molecule has 0 amide bonds. The molecule has 0 aromatic heterocycles. The highest BCUT2D eigenvalue weighted by Gasteiger charge is 2.27. The third-order valence-electron chi connectivity index (χ3n) is 4.45. The highest BCUT2D eigenvalue weighted by molar-refractivity contribution is 5.26. The molecule has 1 heterocycles. The van der Waals surface area contributed by atoms with Crippen LogP contribution in [0.3, 0.4) is 0 Å². The Balaban J connectivity index is 2.00. The van der Waals surface area contributed by atoms with E-state index >= 15 is 0 Å². The van der Waals surface area contributed by atoms with Gasteiger partial charge in [0, 0.05) is 19.1 Å². The molecule has 1 aromatic carbocycles. The maximum atomic E-state index is 10.5.